The molecule has 1 atom stereocenters. The zero-order valence-electron chi connectivity index (χ0n) is 14.6. The number of aromatic nitrogens is 1. The second kappa shape index (κ2) is 8.39. The molecule has 132 valence electrons. The van der Waals surface area contributed by atoms with Gasteiger partial charge in [-0.25, -0.2) is 0 Å². The second-order valence-corrected chi connectivity index (χ2v) is 6.24. The number of hydrogen-bond donors (Lipinski definition) is 3. The van der Waals surface area contributed by atoms with Crippen molar-refractivity contribution >= 4 is 17.5 Å². The second-order valence-electron chi connectivity index (χ2n) is 6.24. The molecule has 25 heavy (non-hydrogen) atoms. The van der Waals surface area contributed by atoms with E-state index in [0.717, 1.165) is 12.0 Å². The number of rotatable bonds is 7. The van der Waals surface area contributed by atoms with Gasteiger partial charge in [0.15, 0.2) is 0 Å². The van der Waals surface area contributed by atoms with Crippen molar-refractivity contribution in [3.05, 3.63) is 59.9 Å². The molecule has 0 fully saturated rings. The van der Waals surface area contributed by atoms with Crippen LogP contribution in [0.15, 0.2) is 48.8 Å². The molecule has 2 rings (SSSR count). The van der Waals surface area contributed by atoms with Crippen molar-refractivity contribution in [1.82, 2.24) is 10.3 Å². The summed E-state index contributed by atoms with van der Waals surface area (Å²) in [4.78, 5) is 28.1. The van der Waals surface area contributed by atoms with Gasteiger partial charge in [0.2, 0.25) is 5.91 Å². The smallest absolute Gasteiger partial charge is 0.257 e. The van der Waals surface area contributed by atoms with Gasteiger partial charge in [0.1, 0.15) is 0 Å². The highest BCUT2D eigenvalue weighted by Crippen LogP contribution is 2.12. The molecule has 6 heteroatoms. The molecule has 0 aliphatic rings. The van der Waals surface area contributed by atoms with Crippen molar-refractivity contribution in [1.29, 1.82) is 0 Å². The Balaban J connectivity index is 1.90. The van der Waals surface area contributed by atoms with Gasteiger partial charge in [0.25, 0.3) is 5.91 Å². The van der Waals surface area contributed by atoms with E-state index in [1.54, 1.807) is 37.4 Å². The lowest BCUT2D eigenvalue weighted by molar-refractivity contribution is -0.126. The molecular weight excluding hydrogens is 316 g/mol. The van der Waals surface area contributed by atoms with Crippen molar-refractivity contribution in [2.75, 3.05) is 5.32 Å². The maximum atomic E-state index is 12.1. The fraction of sp³-hybridized carbons (Fsp3) is 0.316. The molecular formula is C19H24N4O2. The average Bonchev–Trinajstić information content (AvgIpc) is 2.61. The van der Waals surface area contributed by atoms with E-state index in [1.807, 2.05) is 19.1 Å². The molecule has 0 aliphatic heterocycles. The Morgan fingerprint density at radius 2 is 1.92 bits per heavy atom. The molecule has 0 saturated heterocycles. The van der Waals surface area contributed by atoms with Gasteiger partial charge in [-0.05, 0) is 43.2 Å². The fourth-order valence-corrected chi connectivity index (χ4v) is 2.42. The summed E-state index contributed by atoms with van der Waals surface area (Å²) in [5, 5.41) is 5.66. The Labute approximate surface area is 147 Å². The third kappa shape index (κ3) is 5.39. The lowest BCUT2D eigenvalue weighted by atomic mass is 9.96. The molecule has 0 aliphatic carbocycles. The first-order chi connectivity index (χ1) is 11.9. The van der Waals surface area contributed by atoms with Crippen LogP contribution in [0.3, 0.4) is 0 Å². The first kappa shape index (κ1) is 18.6. The predicted octanol–water partition coefficient (Wildman–Crippen LogP) is 2.47. The Morgan fingerprint density at radius 3 is 2.52 bits per heavy atom. The minimum absolute atomic E-state index is 0.164. The van der Waals surface area contributed by atoms with E-state index in [-0.39, 0.29) is 11.8 Å². The number of carbonyl (C=O) groups is 2. The van der Waals surface area contributed by atoms with E-state index in [2.05, 4.69) is 15.6 Å². The third-order valence-electron chi connectivity index (χ3n) is 3.88. The van der Waals surface area contributed by atoms with Crippen molar-refractivity contribution in [3.8, 4) is 0 Å². The Hall–Kier alpha value is -2.73. The normalized spacial score (nSPS) is 12.9. The predicted molar refractivity (Wildman–Crippen MR) is 98.0 cm³/mol. The van der Waals surface area contributed by atoms with Crippen LogP contribution in [0.2, 0.25) is 0 Å². The van der Waals surface area contributed by atoms with E-state index in [1.165, 1.54) is 6.20 Å². The maximum absolute atomic E-state index is 12.1. The first-order valence-corrected chi connectivity index (χ1v) is 8.30. The summed E-state index contributed by atoms with van der Waals surface area (Å²) in [7, 11) is 0. The van der Waals surface area contributed by atoms with E-state index in [9.17, 15) is 9.59 Å². The van der Waals surface area contributed by atoms with Crippen LogP contribution < -0.4 is 16.4 Å². The molecule has 0 bridgehead atoms. The Bertz CT molecular complexity index is 712. The quantitative estimate of drug-likeness (QED) is 0.721. The van der Waals surface area contributed by atoms with Crippen LogP contribution in [0.5, 0.6) is 0 Å². The molecule has 1 unspecified atom stereocenters. The zero-order valence-corrected chi connectivity index (χ0v) is 14.6. The van der Waals surface area contributed by atoms with Crippen LogP contribution >= 0.6 is 0 Å². The monoisotopic (exact) mass is 340 g/mol. The van der Waals surface area contributed by atoms with E-state index < -0.39 is 5.54 Å². The average molecular weight is 340 g/mol. The molecule has 2 aromatic rings. The highest BCUT2D eigenvalue weighted by Gasteiger charge is 2.26. The number of benzene rings is 1. The number of anilines is 1. The van der Waals surface area contributed by atoms with Crippen molar-refractivity contribution < 1.29 is 9.59 Å². The minimum atomic E-state index is -0.855. The number of hydrogen-bond acceptors (Lipinski definition) is 4. The lowest BCUT2D eigenvalue weighted by Crippen LogP contribution is -2.51. The van der Waals surface area contributed by atoms with E-state index in [4.69, 9.17) is 5.73 Å². The summed E-state index contributed by atoms with van der Waals surface area (Å²) in [5.74, 6) is -0.379. The highest BCUT2D eigenvalue weighted by atomic mass is 16.2. The van der Waals surface area contributed by atoms with Gasteiger partial charge >= 0.3 is 0 Å². The molecule has 2 amide bonds. The summed E-state index contributed by atoms with van der Waals surface area (Å²) in [6.45, 7) is 4.13. The van der Waals surface area contributed by atoms with Crippen molar-refractivity contribution in [2.45, 2.75) is 38.8 Å². The van der Waals surface area contributed by atoms with Gasteiger partial charge < -0.3 is 16.4 Å². The van der Waals surface area contributed by atoms with Gasteiger partial charge in [0, 0.05) is 24.6 Å². The van der Waals surface area contributed by atoms with Gasteiger partial charge in [-0.2, -0.15) is 0 Å². The van der Waals surface area contributed by atoms with Crippen LogP contribution in [-0.2, 0) is 11.3 Å². The van der Waals surface area contributed by atoms with Gasteiger partial charge in [-0.3, -0.25) is 14.6 Å². The fourth-order valence-electron chi connectivity index (χ4n) is 2.42. The molecule has 0 radical (unpaired) electrons. The number of nitrogens with zero attached hydrogens (tertiary/aromatic N) is 1. The number of amides is 2. The van der Waals surface area contributed by atoms with Crippen LogP contribution in [0, 0.1) is 0 Å². The Kier molecular flexibility index (Phi) is 6.25. The zero-order chi connectivity index (χ0) is 18.3. The SMILES string of the molecule is CCCC(C)(N)C(=O)NCc1ccc(NC(=O)c2cccnc2)cc1. The van der Waals surface area contributed by atoms with Crippen molar-refractivity contribution in [3.63, 3.8) is 0 Å². The summed E-state index contributed by atoms with van der Waals surface area (Å²) >= 11 is 0. The number of nitrogens with two attached hydrogens (primary N) is 1. The summed E-state index contributed by atoms with van der Waals surface area (Å²) in [5.41, 5.74) is 7.26. The summed E-state index contributed by atoms with van der Waals surface area (Å²) in [6.07, 6.45) is 4.62. The molecule has 0 spiro atoms. The molecule has 1 heterocycles. The summed E-state index contributed by atoms with van der Waals surface area (Å²) < 4.78 is 0. The first-order valence-electron chi connectivity index (χ1n) is 8.30. The third-order valence-corrected chi connectivity index (χ3v) is 3.88. The standard InChI is InChI=1S/C19H24N4O2/c1-3-10-19(2,20)18(25)22-12-14-6-8-16(9-7-14)23-17(24)15-5-4-11-21-13-15/h4-9,11,13H,3,10,12,20H2,1-2H3,(H,22,25)(H,23,24). The Morgan fingerprint density at radius 1 is 1.20 bits per heavy atom. The molecule has 1 aromatic carbocycles. The lowest BCUT2D eigenvalue weighted by Gasteiger charge is -2.22. The number of nitrogens with one attached hydrogen (secondary N) is 2. The van der Waals surface area contributed by atoms with Gasteiger partial charge in [0.05, 0.1) is 11.1 Å². The van der Waals surface area contributed by atoms with Gasteiger partial charge in [-0.15, -0.1) is 0 Å². The van der Waals surface area contributed by atoms with Gasteiger partial charge in [-0.1, -0.05) is 25.5 Å². The molecule has 4 N–H and O–H groups in total. The van der Waals surface area contributed by atoms with Crippen molar-refractivity contribution in [2.24, 2.45) is 5.73 Å². The van der Waals surface area contributed by atoms with Crippen LogP contribution in [-0.4, -0.2) is 22.3 Å². The maximum Gasteiger partial charge on any atom is 0.257 e. The van der Waals surface area contributed by atoms with Crippen LogP contribution in [0.4, 0.5) is 5.69 Å². The van der Waals surface area contributed by atoms with Crippen LogP contribution in [0.1, 0.15) is 42.6 Å². The van der Waals surface area contributed by atoms with E-state index >= 15 is 0 Å². The number of pyridine rings is 1. The minimum Gasteiger partial charge on any atom is -0.350 e. The largest absolute Gasteiger partial charge is 0.350 e. The van der Waals surface area contributed by atoms with Crippen LogP contribution in [0.25, 0.3) is 0 Å². The molecule has 6 nitrogen and oxygen atoms in total. The topological polar surface area (TPSA) is 97.1 Å². The van der Waals surface area contributed by atoms with E-state index in [0.29, 0.717) is 24.2 Å². The molecule has 0 saturated carbocycles. The highest BCUT2D eigenvalue weighted by molar-refractivity contribution is 6.04. The molecule has 1 aromatic heterocycles. The number of carbonyl (C=O) groups excluding carboxylic acids is 2. The summed E-state index contributed by atoms with van der Waals surface area (Å²) in [6, 6.07) is 10.7.